The molecule has 84 valence electrons. The second-order valence-corrected chi connectivity index (χ2v) is 4.41. The third-order valence-electron chi connectivity index (χ3n) is 3.40. The molecule has 2 atom stereocenters. The average Bonchev–Trinajstić information content (AvgIpc) is 2.27. The van der Waals surface area contributed by atoms with E-state index < -0.39 is 0 Å². The monoisotopic (exact) mass is 205 g/mol. The summed E-state index contributed by atoms with van der Waals surface area (Å²) >= 11 is 0. The molecule has 2 unspecified atom stereocenters. The predicted octanol–water partition coefficient (Wildman–Crippen LogP) is 3.17. The molecule has 0 aromatic heterocycles. The van der Waals surface area contributed by atoms with Gasteiger partial charge in [-0.2, -0.15) is 0 Å². The predicted molar refractivity (Wildman–Crippen MR) is 67.2 cm³/mol. The number of hydrogen-bond acceptors (Lipinski definition) is 1. The summed E-state index contributed by atoms with van der Waals surface area (Å²) in [6.45, 7) is 6.77. The summed E-state index contributed by atoms with van der Waals surface area (Å²) in [7, 11) is 2.06. The number of aryl methyl sites for hydroxylation is 1. The van der Waals surface area contributed by atoms with E-state index in [2.05, 4.69) is 57.4 Å². The van der Waals surface area contributed by atoms with Gasteiger partial charge in [0.2, 0.25) is 0 Å². The highest BCUT2D eigenvalue weighted by Gasteiger charge is 2.14. The minimum absolute atomic E-state index is 0.594. The minimum Gasteiger partial charge on any atom is -0.316 e. The summed E-state index contributed by atoms with van der Waals surface area (Å²) in [5.74, 6) is 0.731. The molecule has 1 rings (SSSR count). The Morgan fingerprint density at radius 2 is 1.93 bits per heavy atom. The normalized spacial score (nSPS) is 14.9. The summed E-state index contributed by atoms with van der Waals surface area (Å²) in [5, 5.41) is 3.43. The lowest BCUT2D eigenvalue weighted by Crippen LogP contribution is -2.34. The highest BCUT2D eigenvalue weighted by atomic mass is 14.9. The van der Waals surface area contributed by atoms with Gasteiger partial charge in [-0.25, -0.2) is 0 Å². The fourth-order valence-corrected chi connectivity index (χ4v) is 1.95. The Labute approximate surface area is 93.9 Å². The van der Waals surface area contributed by atoms with Crippen molar-refractivity contribution >= 4 is 0 Å². The zero-order valence-corrected chi connectivity index (χ0v) is 10.4. The van der Waals surface area contributed by atoms with Gasteiger partial charge in [0.15, 0.2) is 0 Å². The quantitative estimate of drug-likeness (QED) is 0.778. The number of likely N-dealkylation sites (N-methyl/N-ethyl adjacent to an activating group) is 1. The Bertz CT molecular complexity index is 293. The number of hydrogen-bond donors (Lipinski definition) is 1. The van der Waals surface area contributed by atoms with Crippen LogP contribution in [-0.2, 0) is 6.42 Å². The van der Waals surface area contributed by atoms with E-state index in [9.17, 15) is 0 Å². The molecule has 1 N–H and O–H groups in total. The van der Waals surface area contributed by atoms with Gasteiger partial charge in [0, 0.05) is 6.04 Å². The standard InChI is InChI=1S/C14H23N/c1-5-11(2)14(15-4)10-13-9-7-6-8-12(13)3/h6-9,11,14-15H,5,10H2,1-4H3. The van der Waals surface area contributed by atoms with E-state index in [0.717, 1.165) is 12.3 Å². The Hall–Kier alpha value is -0.820. The van der Waals surface area contributed by atoms with Crippen molar-refractivity contribution in [2.45, 2.75) is 39.7 Å². The molecule has 0 radical (unpaired) electrons. The van der Waals surface area contributed by atoms with Crippen LogP contribution in [0.5, 0.6) is 0 Å². The zero-order chi connectivity index (χ0) is 11.3. The van der Waals surface area contributed by atoms with Gasteiger partial charge >= 0.3 is 0 Å². The molecule has 0 spiro atoms. The SMILES string of the molecule is CCC(C)C(Cc1ccccc1C)NC. The van der Waals surface area contributed by atoms with Gasteiger partial charge in [-0.15, -0.1) is 0 Å². The first-order chi connectivity index (χ1) is 7.19. The lowest BCUT2D eigenvalue weighted by atomic mass is 9.91. The molecule has 1 aromatic rings. The molecule has 0 aliphatic heterocycles. The van der Waals surface area contributed by atoms with Crippen LogP contribution in [0.4, 0.5) is 0 Å². The summed E-state index contributed by atoms with van der Waals surface area (Å²) in [6.07, 6.45) is 2.37. The topological polar surface area (TPSA) is 12.0 Å². The molecule has 0 aliphatic rings. The fraction of sp³-hybridized carbons (Fsp3) is 0.571. The second kappa shape index (κ2) is 5.92. The van der Waals surface area contributed by atoms with Crippen molar-refractivity contribution < 1.29 is 0 Å². The van der Waals surface area contributed by atoms with E-state index in [1.165, 1.54) is 17.5 Å². The van der Waals surface area contributed by atoms with Gasteiger partial charge < -0.3 is 5.32 Å². The smallest absolute Gasteiger partial charge is 0.0130 e. The van der Waals surface area contributed by atoms with Crippen LogP contribution in [0.25, 0.3) is 0 Å². The van der Waals surface area contributed by atoms with Crippen LogP contribution in [0.3, 0.4) is 0 Å². The molecule has 0 fully saturated rings. The van der Waals surface area contributed by atoms with E-state index in [-0.39, 0.29) is 0 Å². The van der Waals surface area contributed by atoms with Gasteiger partial charge in [-0.1, -0.05) is 44.5 Å². The Morgan fingerprint density at radius 3 is 2.47 bits per heavy atom. The summed E-state index contributed by atoms with van der Waals surface area (Å²) in [4.78, 5) is 0. The van der Waals surface area contributed by atoms with E-state index in [1.54, 1.807) is 0 Å². The van der Waals surface area contributed by atoms with Crippen molar-refractivity contribution in [3.05, 3.63) is 35.4 Å². The first-order valence-electron chi connectivity index (χ1n) is 5.90. The molecule has 1 heteroatoms. The molecule has 0 amide bonds. The summed E-state index contributed by atoms with van der Waals surface area (Å²) in [6, 6.07) is 9.26. The highest BCUT2D eigenvalue weighted by Crippen LogP contribution is 2.15. The maximum absolute atomic E-state index is 3.43. The first-order valence-corrected chi connectivity index (χ1v) is 5.90. The molecule has 0 saturated carbocycles. The number of nitrogens with one attached hydrogen (secondary N) is 1. The zero-order valence-electron chi connectivity index (χ0n) is 10.4. The molecular formula is C14H23N. The van der Waals surface area contributed by atoms with Crippen LogP contribution in [-0.4, -0.2) is 13.1 Å². The van der Waals surface area contributed by atoms with Gasteiger partial charge in [0.05, 0.1) is 0 Å². The lowest BCUT2D eigenvalue weighted by molar-refractivity contribution is 0.386. The van der Waals surface area contributed by atoms with Crippen LogP contribution >= 0.6 is 0 Å². The third-order valence-corrected chi connectivity index (χ3v) is 3.40. The maximum atomic E-state index is 3.43. The number of benzene rings is 1. The highest BCUT2D eigenvalue weighted by molar-refractivity contribution is 5.26. The van der Waals surface area contributed by atoms with Crippen molar-refractivity contribution in [3.63, 3.8) is 0 Å². The average molecular weight is 205 g/mol. The van der Waals surface area contributed by atoms with Crippen molar-refractivity contribution in [2.24, 2.45) is 5.92 Å². The Morgan fingerprint density at radius 1 is 1.27 bits per heavy atom. The largest absolute Gasteiger partial charge is 0.316 e. The second-order valence-electron chi connectivity index (χ2n) is 4.41. The van der Waals surface area contributed by atoms with E-state index in [1.807, 2.05) is 0 Å². The summed E-state index contributed by atoms with van der Waals surface area (Å²) < 4.78 is 0. The molecule has 1 aromatic carbocycles. The van der Waals surface area contributed by atoms with Crippen LogP contribution in [0.1, 0.15) is 31.4 Å². The van der Waals surface area contributed by atoms with Crippen molar-refractivity contribution in [2.75, 3.05) is 7.05 Å². The molecule has 15 heavy (non-hydrogen) atoms. The molecular weight excluding hydrogens is 182 g/mol. The maximum Gasteiger partial charge on any atom is 0.0130 e. The van der Waals surface area contributed by atoms with Crippen molar-refractivity contribution in [3.8, 4) is 0 Å². The van der Waals surface area contributed by atoms with E-state index >= 15 is 0 Å². The lowest BCUT2D eigenvalue weighted by Gasteiger charge is -2.23. The Balaban J connectivity index is 2.71. The molecule has 0 aliphatic carbocycles. The van der Waals surface area contributed by atoms with Gasteiger partial charge in [0.1, 0.15) is 0 Å². The van der Waals surface area contributed by atoms with Gasteiger partial charge in [-0.05, 0) is 37.4 Å². The van der Waals surface area contributed by atoms with Crippen molar-refractivity contribution in [1.82, 2.24) is 5.32 Å². The van der Waals surface area contributed by atoms with Gasteiger partial charge in [0.25, 0.3) is 0 Å². The third kappa shape index (κ3) is 3.35. The fourth-order valence-electron chi connectivity index (χ4n) is 1.95. The van der Waals surface area contributed by atoms with Crippen molar-refractivity contribution in [1.29, 1.82) is 0 Å². The Kier molecular flexibility index (Phi) is 4.83. The minimum atomic E-state index is 0.594. The first kappa shape index (κ1) is 12.3. The van der Waals surface area contributed by atoms with E-state index in [4.69, 9.17) is 0 Å². The molecule has 0 saturated heterocycles. The molecule has 0 heterocycles. The van der Waals surface area contributed by atoms with E-state index in [0.29, 0.717) is 6.04 Å². The van der Waals surface area contributed by atoms with Crippen LogP contribution in [0.2, 0.25) is 0 Å². The van der Waals surface area contributed by atoms with Crippen LogP contribution < -0.4 is 5.32 Å². The number of rotatable bonds is 5. The van der Waals surface area contributed by atoms with Gasteiger partial charge in [-0.3, -0.25) is 0 Å². The van der Waals surface area contributed by atoms with Crippen LogP contribution in [0.15, 0.2) is 24.3 Å². The summed E-state index contributed by atoms with van der Waals surface area (Å²) in [5.41, 5.74) is 2.87. The molecule has 1 nitrogen and oxygen atoms in total. The van der Waals surface area contributed by atoms with Crippen LogP contribution in [0, 0.1) is 12.8 Å². The molecule has 0 bridgehead atoms.